The second kappa shape index (κ2) is 9.20. The fraction of sp³-hybridized carbons (Fsp3) is 0.474. The minimum atomic E-state index is -1.39. The number of hydrogen-bond donors (Lipinski definition) is 4. The Bertz CT molecular complexity index is 749. The number of ether oxygens (including phenoxy) is 1. The first-order valence-corrected chi connectivity index (χ1v) is 9.22. The number of unbranched alkanes of at least 4 members (excludes halogenated alkanes) is 1. The summed E-state index contributed by atoms with van der Waals surface area (Å²) in [6.07, 6.45) is 1.58. The van der Waals surface area contributed by atoms with Gasteiger partial charge in [0, 0.05) is 18.7 Å². The van der Waals surface area contributed by atoms with Gasteiger partial charge in [-0.2, -0.15) is 0 Å². The molecule has 2 amide bonds. The van der Waals surface area contributed by atoms with E-state index in [9.17, 15) is 19.5 Å². The van der Waals surface area contributed by atoms with Crippen LogP contribution in [0.1, 0.15) is 38.2 Å². The zero-order valence-electron chi connectivity index (χ0n) is 15.9. The number of carbonyl (C=O) groups is 3. The quantitative estimate of drug-likeness (QED) is 0.200. The van der Waals surface area contributed by atoms with Crippen LogP contribution in [0.3, 0.4) is 0 Å². The summed E-state index contributed by atoms with van der Waals surface area (Å²) < 4.78 is 5.63. The van der Waals surface area contributed by atoms with Gasteiger partial charge >= 0.3 is 17.8 Å². The van der Waals surface area contributed by atoms with Crippen molar-refractivity contribution in [2.75, 3.05) is 19.7 Å². The van der Waals surface area contributed by atoms with E-state index < -0.39 is 23.3 Å². The smallest absolute Gasteiger partial charge is 0.329 e. The van der Waals surface area contributed by atoms with Crippen LogP contribution in [0, 0.1) is 5.41 Å². The van der Waals surface area contributed by atoms with E-state index >= 15 is 0 Å². The number of carboxylic acids is 1. The average molecular weight is 390 g/mol. The predicted molar refractivity (Wildman–Crippen MR) is 102 cm³/mol. The third kappa shape index (κ3) is 4.59. The van der Waals surface area contributed by atoms with E-state index in [0.29, 0.717) is 30.8 Å². The highest BCUT2D eigenvalue weighted by Gasteiger charge is 2.47. The molecular weight excluding hydrogens is 364 g/mol. The number of carboxylic acid groups (broad SMARTS) is 1. The van der Waals surface area contributed by atoms with Gasteiger partial charge in [-0.3, -0.25) is 15.0 Å². The van der Waals surface area contributed by atoms with E-state index in [1.54, 1.807) is 31.2 Å². The van der Waals surface area contributed by atoms with Gasteiger partial charge in [0.15, 0.2) is 0 Å². The van der Waals surface area contributed by atoms with Gasteiger partial charge in [-0.1, -0.05) is 6.92 Å². The molecule has 2 rings (SSSR count). The molecule has 1 unspecified atom stereocenters. The number of nitrogens with two attached hydrogens (primary N) is 1. The minimum Gasteiger partial charge on any atom is -0.494 e. The van der Waals surface area contributed by atoms with Crippen molar-refractivity contribution in [3.63, 3.8) is 0 Å². The second-order valence-electron chi connectivity index (χ2n) is 6.65. The van der Waals surface area contributed by atoms with Crippen LogP contribution in [-0.4, -0.2) is 58.9 Å². The summed E-state index contributed by atoms with van der Waals surface area (Å²) in [6, 6.07) is 6.82. The average Bonchev–Trinajstić information content (AvgIpc) is 2.67. The van der Waals surface area contributed by atoms with Gasteiger partial charge in [-0.05, 0) is 49.9 Å². The number of amides is 2. The first-order chi connectivity index (χ1) is 13.3. The molecule has 0 bridgehead atoms. The van der Waals surface area contributed by atoms with Crippen molar-refractivity contribution in [3.8, 4) is 5.75 Å². The molecule has 0 radical (unpaired) electrons. The fourth-order valence-corrected chi connectivity index (χ4v) is 3.31. The topological polar surface area (TPSA) is 146 Å². The monoisotopic (exact) mass is 390 g/mol. The van der Waals surface area contributed by atoms with Crippen LogP contribution < -0.4 is 15.8 Å². The van der Waals surface area contributed by atoms with Crippen LogP contribution in [0.2, 0.25) is 0 Å². The first-order valence-electron chi connectivity index (χ1n) is 9.22. The van der Waals surface area contributed by atoms with E-state index in [0.717, 1.165) is 0 Å². The summed E-state index contributed by atoms with van der Waals surface area (Å²) in [5.41, 5.74) is 4.62. The molecular formula is C19H26N4O5. The zero-order valence-corrected chi connectivity index (χ0v) is 15.9. The first kappa shape index (κ1) is 21.2. The summed E-state index contributed by atoms with van der Waals surface area (Å²) in [4.78, 5) is 37.0. The lowest BCUT2D eigenvalue weighted by atomic mass is 9.87. The number of benzene rings is 1. The standard InChI is InChI=1S/C19H26N4O5/c1-2-19(18(26)27,23-11-10-22-16(24)17(23)25)9-3-4-12-28-14-7-5-13(6-8-14)15(20)21/h5-8H,2-4,9-12H2,1H3,(H3,20,21)(H,22,24)(H,26,27). The van der Waals surface area contributed by atoms with Gasteiger partial charge < -0.3 is 25.8 Å². The van der Waals surface area contributed by atoms with Crippen LogP contribution in [-0.2, 0) is 14.4 Å². The number of rotatable bonds is 10. The van der Waals surface area contributed by atoms with Crippen molar-refractivity contribution in [2.24, 2.45) is 5.73 Å². The number of hydrogen-bond acceptors (Lipinski definition) is 5. The number of piperazine rings is 1. The van der Waals surface area contributed by atoms with Crippen molar-refractivity contribution < 1.29 is 24.2 Å². The number of nitrogen functional groups attached to an aromatic ring is 1. The number of aliphatic carboxylic acids is 1. The Morgan fingerprint density at radius 1 is 1.32 bits per heavy atom. The highest BCUT2D eigenvalue weighted by molar-refractivity contribution is 6.36. The van der Waals surface area contributed by atoms with Gasteiger partial charge in [-0.25, -0.2) is 4.79 Å². The molecule has 152 valence electrons. The number of carbonyl (C=O) groups excluding carboxylic acids is 2. The Labute approximate surface area is 163 Å². The van der Waals surface area contributed by atoms with Gasteiger partial charge in [0.05, 0.1) is 6.61 Å². The minimum absolute atomic E-state index is 0.0166. The fourth-order valence-electron chi connectivity index (χ4n) is 3.31. The molecule has 0 saturated carbocycles. The maximum atomic E-state index is 12.2. The van der Waals surface area contributed by atoms with E-state index in [1.165, 1.54) is 4.90 Å². The molecule has 1 saturated heterocycles. The molecule has 1 heterocycles. The molecule has 0 aliphatic carbocycles. The Hall–Kier alpha value is -3.10. The Kier molecular flexibility index (Phi) is 6.97. The third-order valence-electron chi connectivity index (χ3n) is 4.98. The molecule has 1 aromatic rings. The van der Waals surface area contributed by atoms with Crippen molar-refractivity contribution in [3.05, 3.63) is 29.8 Å². The van der Waals surface area contributed by atoms with Crippen LogP contribution in [0.5, 0.6) is 5.75 Å². The zero-order chi connectivity index (χ0) is 20.7. The SMILES string of the molecule is CCC(CCCCOc1ccc(C(=N)N)cc1)(C(=O)O)N1CCNC(=O)C1=O. The maximum Gasteiger partial charge on any atom is 0.329 e. The number of amidine groups is 1. The van der Waals surface area contributed by atoms with Gasteiger partial charge in [0.25, 0.3) is 0 Å². The van der Waals surface area contributed by atoms with Crippen molar-refractivity contribution in [1.82, 2.24) is 10.2 Å². The van der Waals surface area contributed by atoms with Gasteiger partial charge in [0.1, 0.15) is 17.1 Å². The van der Waals surface area contributed by atoms with E-state index in [-0.39, 0.29) is 31.8 Å². The molecule has 1 aliphatic heterocycles. The van der Waals surface area contributed by atoms with Crippen LogP contribution in [0.25, 0.3) is 0 Å². The molecule has 9 nitrogen and oxygen atoms in total. The van der Waals surface area contributed by atoms with Crippen molar-refractivity contribution >= 4 is 23.6 Å². The molecule has 1 aromatic carbocycles. The highest BCUT2D eigenvalue weighted by atomic mass is 16.5. The third-order valence-corrected chi connectivity index (χ3v) is 4.98. The van der Waals surface area contributed by atoms with E-state index in [1.807, 2.05) is 0 Å². The van der Waals surface area contributed by atoms with Crippen LogP contribution in [0.15, 0.2) is 24.3 Å². The lowest BCUT2D eigenvalue weighted by Crippen LogP contribution is -2.64. The predicted octanol–water partition coefficient (Wildman–Crippen LogP) is 0.712. The normalized spacial score (nSPS) is 16.2. The maximum absolute atomic E-state index is 12.2. The molecule has 0 spiro atoms. The molecule has 1 fully saturated rings. The van der Waals surface area contributed by atoms with Gasteiger partial charge in [0.2, 0.25) is 0 Å². The van der Waals surface area contributed by atoms with Gasteiger partial charge in [-0.15, -0.1) is 0 Å². The lowest BCUT2D eigenvalue weighted by molar-refractivity contribution is -0.165. The summed E-state index contributed by atoms with van der Waals surface area (Å²) in [5.74, 6) is -2.04. The Morgan fingerprint density at radius 2 is 2.00 bits per heavy atom. The second-order valence-corrected chi connectivity index (χ2v) is 6.65. The summed E-state index contributed by atoms with van der Waals surface area (Å²) in [7, 11) is 0. The van der Waals surface area contributed by atoms with Crippen molar-refractivity contribution in [2.45, 2.75) is 38.1 Å². The Morgan fingerprint density at radius 3 is 2.57 bits per heavy atom. The van der Waals surface area contributed by atoms with E-state index in [4.69, 9.17) is 15.9 Å². The molecule has 28 heavy (non-hydrogen) atoms. The summed E-state index contributed by atoms with van der Waals surface area (Å²) in [6.45, 7) is 2.52. The molecule has 5 N–H and O–H groups in total. The van der Waals surface area contributed by atoms with Crippen LogP contribution >= 0.6 is 0 Å². The Balaban J connectivity index is 1.91. The molecule has 1 aliphatic rings. The molecule has 1 atom stereocenters. The largest absolute Gasteiger partial charge is 0.494 e. The lowest BCUT2D eigenvalue weighted by Gasteiger charge is -2.41. The number of nitrogens with one attached hydrogen (secondary N) is 2. The number of nitrogens with zero attached hydrogens (tertiary/aromatic N) is 1. The molecule has 0 aromatic heterocycles. The van der Waals surface area contributed by atoms with E-state index in [2.05, 4.69) is 5.32 Å². The highest BCUT2D eigenvalue weighted by Crippen LogP contribution is 2.28. The summed E-state index contributed by atoms with van der Waals surface area (Å²) in [5, 5.41) is 19.6. The van der Waals surface area contributed by atoms with Crippen molar-refractivity contribution in [1.29, 1.82) is 5.41 Å². The summed E-state index contributed by atoms with van der Waals surface area (Å²) >= 11 is 0. The molecule has 9 heteroatoms. The van der Waals surface area contributed by atoms with Crippen LogP contribution in [0.4, 0.5) is 0 Å².